The molecule has 3 rings (SSSR count). The van der Waals surface area contributed by atoms with Crippen molar-refractivity contribution in [1.29, 1.82) is 0 Å². The Bertz CT molecular complexity index is 1000. The lowest BCUT2D eigenvalue weighted by molar-refractivity contribution is -0.384. The molecule has 13 heteroatoms. The van der Waals surface area contributed by atoms with Gasteiger partial charge in [-0.2, -0.15) is 17.5 Å². The largest absolute Gasteiger partial charge is 0.416 e. The maximum atomic E-state index is 12.8. The Labute approximate surface area is 170 Å². The van der Waals surface area contributed by atoms with E-state index in [0.29, 0.717) is 9.85 Å². The van der Waals surface area contributed by atoms with Crippen molar-refractivity contribution in [2.45, 2.75) is 10.4 Å². The van der Waals surface area contributed by atoms with E-state index in [9.17, 15) is 31.7 Å². The first-order valence-corrected chi connectivity index (χ1v) is 10.9. The van der Waals surface area contributed by atoms with Gasteiger partial charge in [0.15, 0.2) is 0 Å². The summed E-state index contributed by atoms with van der Waals surface area (Å²) < 4.78 is 65.9. The molecule has 1 fully saturated rings. The van der Waals surface area contributed by atoms with E-state index in [2.05, 4.69) is 15.9 Å². The maximum Gasteiger partial charge on any atom is 0.416 e. The number of rotatable bonds is 4. The zero-order valence-electron chi connectivity index (χ0n) is 14.0. The fraction of sp³-hybridized carbons (Fsp3) is 0.333. The Morgan fingerprint density at radius 1 is 1.11 bits per heavy atom. The van der Waals surface area contributed by atoms with E-state index < -0.39 is 32.4 Å². The average Bonchev–Trinajstić information content (AvgIpc) is 3.08. The lowest BCUT2D eigenvalue weighted by Gasteiger charge is -2.34. The van der Waals surface area contributed by atoms with E-state index in [1.807, 2.05) is 0 Å². The Morgan fingerprint density at radius 2 is 1.75 bits per heavy atom. The first-order valence-electron chi connectivity index (χ1n) is 7.86. The van der Waals surface area contributed by atoms with Crippen molar-refractivity contribution in [3.05, 3.63) is 49.8 Å². The topological polar surface area (TPSA) is 83.8 Å². The summed E-state index contributed by atoms with van der Waals surface area (Å²) in [5.41, 5.74) is -1.73. The summed E-state index contributed by atoms with van der Waals surface area (Å²) in [6, 6.07) is 5.45. The van der Waals surface area contributed by atoms with Crippen LogP contribution in [0, 0.1) is 10.1 Å². The molecule has 1 aliphatic heterocycles. The molecule has 0 spiro atoms. The van der Waals surface area contributed by atoms with Crippen LogP contribution in [0.3, 0.4) is 0 Å². The molecule has 1 aliphatic rings. The van der Waals surface area contributed by atoms with Crippen LogP contribution in [0.5, 0.6) is 0 Å². The Morgan fingerprint density at radius 3 is 2.25 bits per heavy atom. The van der Waals surface area contributed by atoms with Gasteiger partial charge in [-0.05, 0) is 40.2 Å². The standard InChI is InChI=1S/C15H13BrF3N3O4S2/c16-13-3-4-14(27-13)28(25,26)21-7-5-20(6-8-21)11-2-1-10(15(17,18)19)9-12(11)22(23)24/h1-4,9H,5-8H2. The van der Waals surface area contributed by atoms with Crippen molar-refractivity contribution in [3.8, 4) is 0 Å². The third kappa shape index (κ3) is 4.16. The highest BCUT2D eigenvalue weighted by Gasteiger charge is 2.35. The fourth-order valence-corrected chi connectivity index (χ4v) is 6.43. The summed E-state index contributed by atoms with van der Waals surface area (Å²) in [5.74, 6) is 0. The second-order valence-electron chi connectivity index (χ2n) is 5.91. The van der Waals surface area contributed by atoms with Gasteiger partial charge in [-0.15, -0.1) is 11.3 Å². The van der Waals surface area contributed by atoms with Gasteiger partial charge in [0.05, 0.1) is 14.3 Å². The second kappa shape index (κ2) is 7.61. The quantitative estimate of drug-likeness (QED) is 0.469. The number of nitro groups is 1. The molecule has 0 radical (unpaired) electrons. The highest BCUT2D eigenvalue weighted by molar-refractivity contribution is 9.11. The van der Waals surface area contributed by atoms with Gasteiger partial charge in [0.25, 0.3) is 15.7 Å². The molecule has 0 saturated carbocycles. The number of thiophene rings is 1. The fourth-order valence-electron chi connectivity index (χ4n) is 2.85. The summed E-state index contributed by atoms with van der Waals surface area (Å²) in [6.07, 6.45) is -4.69. The highest BCUT2D eigenvalue weighted by Crippen LogP contribution is 2.37. The first kappa shape index (κ1) is 21.0. The van der Waals surface area contributed by atoms with Crippen molar-refractivity contribution in [2.24, 2.45) is 0 Å². The smallest absolute Gasteiger partial charge is 0.363 e. The molecule has 1 saturated heterocycles. The van der Waals surface area contributed by atoms with Crippen LogP contribution in [0.4, 0.5) is 24.5 Å². The van der Waals surface area contributed by atoms with Crippen molar-refractivity contribution in [2.75, 3.05) is 31.1 Å². The van der Waals surface area contributed by atoms with Gasteiger partial charge in [-0.25, -0.2) is 8.42 Å². The van der Waals surface area contributed by atoms with Crippen LogP contribution in [0.1, 0.15) is 5.56 Å². The SMILES string of the molecule is O=[N+]([O-])c1cc(C(F)(F)F)ccc1N1CCN(S(=O)(=O)c2ccc(Br)s2)CC1. The number of hydrogen-bond donors (Lipinski definition) is 0. The lowest BCUT2D eigenvalue weighted by Crippen LogP contribution is -2.48. The Hall–Kier alpha value is -1.70. The van der Waals surface area contributed by atoms with E-state index in [0.717, 1.165) is 23.5 Å². The number of halogens is 4. The minimum atomic E-state index is -4.69. The molecule has 7 nitrogen and oxygen atoms in total. The van der Waals surface area contributed by atoms with Gasteiger partial charge in [-0.1, -0.05) is 0 Å². The van der Waals surface area contributed by atoms with Crippen molar-refractivity contribution in [3.63, 3.8) is 0 Å². The molecular formula is C15H13BrF3N3O4S2. The van der Waals surface area contributed by atoms with Gasteiger partial charge >= 0.3 is 6.18 Å². The van der Waals surface area contributed by atoms with Crippen LogP contribution in [0.15, 0.2) is 38.3 Å². The van der Waals surface area contributed by atoms with Crippen molar-refractivity contribution < 1.29 is 26.5 Å². The Kier molecular flexibility index (Phi) is 5.71. The van der Waals surface area contributed by atoms with E-state index >= 15 is 0 Å². The molecule has 152 valence electrons. The van der Waals surface area contributed by atoms with E-state index in [4.69, 9.17) is 0 Å². The number of piperazine rings is 1. The zero-order chi connectivity index (χ0) is 20.7. The van der Waals surface area contributed by atoms with Crippen LogP contribution >= 0.6 is 27.3 Å². The number of sulfonamides is 1. The molecule has 1 aromatic heterocycles. The molecule has 2 aromatic rings. The molecule has 0 aliphatic carbocycles. The summed E-state index contributed by atoms with van der Waals surface area (Å²) in [7, 11) is -3.69. The van der Waals surface area contributed by atoms with Crippen LogP contribution in [-0.4, -0.2) is 43.8 Å². The number of benzene rings is 1. The summed E-state index contributed by atoms with van der Waals surface area (Å²) in [5, 5.41) is 11.3. The summed E-state index contributed by atoms with van der Waals surface area (Å²) in [4.78, 5) is 11.9. The molecule has 1 aromatic carbocycles. The molecular weight excluding hydrogens is 487 g/mol. The normalized spacial score (nSPS) is 16.4. The van der Waals surface area contributed by atoms with E-state index in [1.54, 1.807) is 6.07 Å². The molecule has 0 atom stereocenters. The van der Waals surface area contributed by atoms with E-state index in [1.165, 1.54) is 15.3 Å². The third-order valence-electron chi connectivity index (χ3n) is 4.22. The number of nitro benzene ring substituents is 1. The van der Waals surface area contributed by atoms with Gasteiger partial charge in [0.2, 0.25) is 0 Å². The average molecular weight is 500 g/mol. The maximum absolute atomic E-state index is 12.8. The van der Waals surface area contributed by atoms with Crippen LogP contribution in [0.25, 0.3) is 0 Å². The highest BCUT2D eigenvalue weighted by atomic mass is 79.9. The van der Waals surface area contributed by atoms with Crippen LogP contribution in [0.2, 0.25) is 0 Å². The van der Waals surface area contributed by atoms with Gasteiger partial charge in [0.1, 0.15) is 9.90 Å². The monoisotopic (exact) mass is 499 g/mol. The number of nitrogens with zero attached hydrogens (tertiary/aromatic N) is 3. The molecule has 0 bridgehead atoms. The van der Waals surface area contributed by atoms with Gasteiger partial charge in [0, 0.05) is 32.2 Å². The summed E-state index contributed by atoms with van der Waals surface area (Å²) >= 11 is 4.29. The van der Waals surface area contributed by atoms with Crippen LogP contribution in [-0.2, 0) is 16.2 Å². The predicted molar refractivity (Wildman–Crippen MR) is 101 cm³/mol. The summed E-state index contributed by atoms with van der Waals surface area (Å²) in [6.45, 7) is 0.377. The molecule has 2 heterocycles. The zero-order valence-corrected chi connectivity index (χ0v) is 17.2. The minimum Gasteiger partial charge on any atom is -0.363 e. The van der Waals surface area contributed by atoms with Gasteiger partial charge < -0.3 is 4.90 Å². The van der Waals surface area contributed by atoms with Crippen molar-refractivity contribution >= 4 is 48.7 Å². The molecule has 0 unspecified atom stereocenters. The number of hydrogen-bond acceptors (Lipinski definition) is 6. The van der Waals surface area contributed by atoms with Crippen molar-refractivity contribution in [1.82, 2.24) is 4.31 Å². The molecule has 0 N–H and O–H groups in total. The molecule has 28 heavy (non-hydrogen) atoms. The second-order valence-corrected chi connectivity index (χ2v) is 10.5. The third-order valence-corrected chi connectivity index (χ3v) is 8.21. The number of anilines is 1. The first-order chi connectivity index (χ1) is 13.0. The predicted octanol–water partition coefficient (Wildman–Crippen LogP) is 3.95. The molecule has 0 amide bonds. The Balaban J connectivity index is 1.81. The van der Waals surface area contributed by atoms with Gasteiger partial charge in [-0.3, -0.25) is 10.1 Å². The number of alkyl halides is 3. The minimum absolute atomic E-state index is 0.0360. The van der Waals surface area contributed by atoms with E-state index in [-0.39, 0.29) is 36.1 Å². The van der Waals surface area contributed by atoms with Crippen LogP contribution < -0.4 is 4.90 Å². The lowest BCUT2D eigenvalue weighted by atomic mass is 10.1.